The molecule has 0 aliphatic heterocycles. The smallest absolute Gasteiger partial charge is 0.147 e. The van der Waals surface area contributed by atoms with Crippen LogP contribution in [0.25, 0.3) is 12.2 Å². The number of halogens is 1. The molecule has 0 unspecified atom stereocenters. The number of nitrogens with two attached hydrogens (primary N) is 1. The van der Waals surface area contributed by atoms with E-state index in [0.717, 1.165) is 17.7 Å². The molecule has 22 heavy (non-hydrogen) atoms. The number of aryl methyl sites for hydroxylation is 1. The quantitative estimate of drug-likeness (QED) is 0.644. The highest BCUT2D eigenvalue weighted by molar-refractivity contribution is 6.12. The van der Waals surface area contributed by atoms with E-state index in [2.05, 4.69) is 11.6 Å². The molecule has 1 heterocycles. The highest BCUT2D eigenvalue weighted by atomic mass is 19.1. The van der Waals surface area contributed by atoms with Gasteiger partial charge in [0.25, 0.3) is 0 Å². The fraction of sp³-hybridized carbons (Fsp3) is 0.111. The van der Waals surface area contributed by atoms with Crippen LogP contribution in [0.3, 0.4) is 0 Å². The van der Waals surface area contributed by atoms with Crippen molar-refractivity contribution in [3.8, 4) is 0 Å². The van der Waals surface area contributed by atoms with E-state index >= 15 is 0 Å². The largest absolute Gasteiger partial charge is 0.396 e. The van der Waals surface area contributed by atoms with Crippen molar-refractivity contribution in [2.45, 2.75) is 13.3 Å². The van der Waals surface area contributed by atoms with Crippen molar-refractivity contribution in [1.82, 2.24) is 4.98 Å². The second-order valence-electron chi connectivity index (χ2n) is 4.85. The van der Waals surface area contributed by atoms with Crippen molar-refractivity contribution in [3.05, 3.63) is 71.3 Å². The maximum Gasteiger partial charge on any atom is 0.147 e. The van der Waals surface area contributed by atoms with Crippen LogP contribution >= 0.6 is 0 Å². The van der Waals surface area contributed by atoms with Crippen molar-refractivity contribution < 1.29 is 4.39 Å². The first-order valence-corrected chi connectivity index (χ1v) is 6.98. The Kier molecular flexibility index (Phi) is 4.84. The van der Waals surface area contributed by atoms with Gasteiger partial charge in [0.1, 0.15) is 5.82 Å². The molecule has 0 aliphatic rings. The summed E-state index contributed by atoms with van der Waals surface area (Å²) in [5, 5.41) is 8.08. The summed E-state index contributed by atoms with van der Waals surface area (Å²) in [6.45, 7) is 5.65. The molecule has 3 N–H and O–H groups in total. The van der Waals surface area contributed by atoms with Gasteiger partial charge in [-0.1, -0.05) is 31.7 Å². The van der Waals surface area contributed by atoms with Crippen molar-refractivity contribution in [2.75, 3.05) is 5.73 Å². The van der Waals surface area contributed by atoms with Gasteiger partial charge in [-0.05, 0) is 41.8 Å². The third-order valence-corrected chi connectivity index (χ3v) is 3.33. The fourth-order valence-corrected chi connectivity index (χ4v) is 1.99. The fourth-order valence-electron chi connectivity index (χ4n) is 1.99. The minimum absolute atomic E-state index is 0.0281. The maximum atomic E-state index is 13.7. The summed E-state index contributed by atoms with van der Waals surface area (Å²) in [7, 11) is 0. The SMILES string of the molecule is C=Cc1cc(F)c(N)c(C(=N)/C=C/c2ccc(CC)nc2)c1. The number of aromatic nitrogens is 1. The predicted molar refractivity (Wildman–Crippen MR) is 90.4 cm³/mol. The first kappa shape index (κ1) is 15.6. The van der Waals surface area contributed by atoms with Gasteiger partial charge in [-0.15, -0.1) is 0 Å². The Hall–Kier alpha value is -2.75. The Morgan fingerprint density at radius 2 is 2.14 bits per heavy atom. The summed E-state index contributed by atoms with van der Waals surface area (Å²) in [5.41, 5.74) is 8.66. The van der Waals surface area contributed by atoms with E-state index < -0.39 is 5.82 Å². The van der Waals surface area contributed by atoms with Crippen LogP contribution in [0.5, 0.6) is 0 Å². The lowest BCUT2D eigenvalue weighted by Gasteiger charge is -2.07. The summed E-state index contributed by atoms with van der Waals surface area (Å²) in [4.78, 5) is 4.29. The van der Waals surface area contributed by atoms with Crippen LogP contribution in [-0.2, 0) is 6.42 Å². The molecule has 0 spiro atoms. The van der Waals surface area contributed by atoms with E-state index in [1.807, 2.05) is 19.1 Å². The highest BCUT2D eigenvalue weighted by Gasteiger charge is 2.09. The molecule has 0 radical (unpaired) electrons. The summed E-state index contributed by atoms with van der Waals surface area (Å²) in [5.74, 6) is -0.542. The van der Waals surface area contributed by atoms with Gasteiger partial charge in [-0.2, -0.15) is 0 Å². The second kappa shape index (κ2) is 6.80. The van der Waals surface area contributed by atoms with Gasteiger partial charge < -0.3 is 11.1 Å². The van der Waals surface area contributed by atoms with E-state index in [-0.39, 0.29) is 11.4 Å². The standard InChI is InChI=1S/C18H18FN3/c1-3-12-9-15(18(21)16(19)10-12)17(20)8-6-13-5-7-14(4-2)22-11-13/h3,5-11,20H,1,4,21H2,2H3/b8-6+,20-17?. The molecule has 4 heteroatoms. The number of rotatable bonds is 5. The van der Waals surface area contributed by atoms with E-state index in [9.17, 15) is 4.39 Å². The number of nitrogen functional groups attached to an aromatic ring is 1. The first-order valence-electron chi connectivity index (χ1n) is 6.98. The zero-order valence-corrected chi connectivity index (χ0v) is 12.4. The number of benzene rings is 1. The van der Waals surface area contributed by atoms with E-state index in [1.165, 1.54) is 12.1 Å². The topological polar surface area (TPSA) is 62.8 Å². The summed E-state index contributed by atoms with van der Waals surface area (Å²) in [6, 6.07) is 6.82. The number of anilines is 1. The van der Waals surface area contributed by atoms with Crippen molar-refractivity contribution in [3.63, 3.8) is 0 Å². The summed E-state index contributed by atoms with van der Waals surface area (Å²) in [6.07, 6.45) is 7.49. The third-order valence-electron chi connectivity index (χ3n) is 3.33. The van der Waals surface area contributed by atoms with Crippen LogP contribution in [0.1, 0.15) is 29.3 Å². The van der Waals surface area contributed by atoms with Crippen LogP contribution in [0, 0.1) is 11.2 Å². The van der Waals surface area contributed by atoms with Gasteiger partial charge in [-0.3, -0.25) is 4.98 Å². The second-order valence-corrected chi connectivity index (χ2v) is 4.85. The molecule has 1 aromatic carbocycles. The molecule has 2 aromatic rings. The summed E-state index contributed by atoms with van der Waals surface area (Å²) >= 11 is 0. The van der Waals surface area contributed by atoms with Crippen LogP contribution in [0.2, 0.25) is 0 Å². The molecule has 0 aliphatic carbocycles. The maximum absolute atomic E-state index is 13.7. The van der Waals surface area contributed by atoms with E-state index in [0.29, 0.717) is 11.1 Å². The first-order chi connectivity index (χ1) is 10.5. The molecule has 0 atom stereocenters. The molecular weight excluding hydrogens is 277 g/mol. The average Bonchev–Trinajstić information content (AvgIpc) is 2.55. The number of hydrogen-bond acceptors (Lipinski definition) is 3. The number of nitrogens with zero attached hydrogens (tertiary/aromatic N) is 1. The van der Waals surface area contributed by atoms with Gasteiger partial charge in [0.15, 0.2) is 0 Å². The molecule has 0 amide bonds. The molecule has 2 rings (SSSR count). The van der Waals surface area contributed by atoms with Crippen LogP contribution in [-0.4, -0.2) is 10.7 Å². The van der Waals surface area contributed by atoms with Crippen molar-refractivity contribution in [2.24, 2.45) is 0 Å². The lowest BCUT2D eigenvalue weighted by atomic mass is 10.0. The Labute approximate surface area is 129 Å². The number of hydrogen-bond donors (Lipinski definition) is 2. The molecular formula is C18H18FN3. The minimum Gasteiger partial charge on any atom is -0.396 e. The molecule has 0 bridgehead atoms. The molecule has 0 fully saturated rings. The normalized spacial score (nSPS) is 10.8. The Morgan fingerprint density at radius 3 is 2.73 bits per heavy atom. The van der Waals surface area contributed by atoms with Crippen molar-refractivity contribution >= 4 is 23.6 Å². The summed E-state index contributed by atoms with van der Waals surface area (Å²) < 4.78 is 13.7. The number of pyridine rings is 1. The zero-order valence-electron chi connectivity index (χ0n) is 12.4. The average molecular weight is 295 g/mol. The zero-order chi connectivity index (χ0) is 16.1. The Balaban J connectivity index is 2.26. The van der Waals surface area contributed by atoms with Gasteiger partial charge in [-0.25, -0.2) is 4.39 Å². The van der Waals surface area contributed by atoms with Crippen LogP contribution < -0.4 is 5.73 Å². The van der Waals surface area contributed by atoms with E-state index in [4.69, 9.17) is 11.1 Å². The lowest BCUT2D eigenvalue weighted by molar-refractivity contribution is 0.632. The van der Waals surface area contributed by atoms with Gasteiger partial charge in [0.2, 0.25) is 0 Å². The Morgan fingerprint density at radius 1 is 1.36 bits per heavy atom. The van der Waals surface area contributed by atoms with Crippen LogP contribution in [0.4, 0.5) is 10.1 Å². The van der Waals surface area contributed by atoms with Gasteiger partial charge in [0, 0.05) is 17.5 Å². The third kappa shape index (κ3) is 3.47. The number of allylic oxidation sites excluding steroid dienone is 1. The lowest BCUT2D eigenvalue weighted by Crippen LogP contribution is -2.04. The molecule has 3 nitrogen and oxygen atoms in total. The Bertz CT molecular complexity index is 731. The van der Waals surface area contributed by atoms with Crippen molar-refractivity contribution in [1.29, 1.82) is 5.41 Å². The molecule has 0 saturated heterocycles. The minimum atomic E-state index is -0.542. The molecule has 0 saturated carbocycles. The molecule has 112 valence electrons. The van der Waals surface area contributed by atoms with Gasteiger partial charge >= 0.3 is 0 Å². The highest BCUT2D eigenvalue weighted by Crippen LogP contribution is 2.21. The van der Waals surface area contributed by atoms with Crippen LogP contribution in [0.15, 0.2) is 43.1 Å². The monoisotopic (exact) mass is 295 g/mol. The van der Waals surface area contributed by atoms with E-state index in [1.54, 1.807) is 24.4 Å². The number of nitrogens with one attached hydrogen (secondary N) is 1. The molecule has 1 aromatic heterocycles. The predicted octanol–water partition coefficient (Wildman–Crippen LogP) is 4.09. The van der Waals surface area contributed by atoms with Gasteiger partial charge in [0.05, 0.1) is 11.4 Å².